The molecule has 11 heteroatoms. The van der Waals surface area contributed by atoms with Crippen LogP contribution in [0.4, 0.5) is 0 Å². The Kier molecular flexibility index (Phi) is 4.09. The molecule has 23 heavy (non-hydrogen) atoms. The van der Waals surface area contributed by atoms with Gasteiger partial charge >= 0.3 is 5.69 Å². The zero-order chi connectivity index (χ0) is 16.6. The van der Waals surface area contributed by atoms with Gasteiger partial charge in [-0.25, -0.2) is 9.48 Å². The highest BCUT2D eigenvalue weighted by atomic mass is 16.6. The largest absolute Gasteiger partial charge is 0.394 e. The SMILES string of the molecule is O=c1[nH]c(=O)n(Cn2ccnn2)cc1C1OC(CO)C(O)C1O. The van der Waals surface area contributed by atoms with E-state index in [0.29, 0.717) is 0 Å². The number of nitrogens with one attached hydrogen (secondary N) is 1. The molecule has 124 valence electrons. The predicted octanol–water partition coefficient (Wildman–Crippen LogP) is -3.21. The zero-order valence-corrected chi connectivity index (χ0v) is 11.8. The van der Waals surface area contributed by atoms with Gasteiger partial charge in [0.25, 0.3) is 5.56 Å². The predicted molar refractivity (Wildman–Crippen MR) is 73.5 cm³/mol. The molecule has 4 N–H and O–H groups in total. The maximum absolute atomic E-state index is 12.0. The second kappa shape index (κ2) is 6.04. The maximum Gasteiger partial charge on any atom is 0.329 e. The van der Waals surface area contributed by atoms with E-state index in [1.165, 1.54) is 23.3 Å². The third-order valence-electron chi connectivity index (χ3n) is 3.66. The Morgan fingerprint density at radius 1 is 1.30 bits per heavy atom. The highest BCUT2D eigenvalue weighted by molar-refractivity contribution is 5.14. The second-order valence-electron chi connectivity index (χ2n) is 5.16. The van der Waals surface area contributed by atoms with Crippen molar-refractivity contribution in [2.24, 2.45) is 0 Å². The van der Waals surface area contributed by atoms with Gasteiger partial charge in [-0.2, -0.15) is 0 Å². The lowest BCUT2D eigenvalue weighted by Gasteiger charge is -2.15. The third-order valence-corrected chi connectivity index (χ3v) is 3.66. The van der Waals surface area contributed by atoms with E-state index < -0.39 is 42.3 Å². The van der Waals surface area contributed by atoms with Gasteiger partial charge in [0.1, 0.15) is 31.1 Å². The fraction of sp³-hybridized carbons (Fsp3) is 0.500. The van der Waals surface area contributed by atoms with Crippen molar-refractivity contribution in [3.63, 3.8) is 0 Å². The van der Waals surface area contributed by atoms with Crippen LogP contribution in [0.15, 0.2) is 28.2 Å². The minimum atomic E-state index is -1.40. The first-order chi connectivity index (χ1) is 11.0. The van der Waals surface area contributed by atoms with Crippen molar-refractivity contribution in [1.82, 2.24) is 24.5 Å². The normalized spacial score (nSPS) is 27.4. The smallest absolute Gasteiger partial charge is 0.329 e. The zero-order valence-electron chi connectivity index (χ0n) is 11.8. The Hall–Kier alpha value is -2.34. The summed E-state index contributed by atoms with van der Waals surface area (Å²) in [6.07, 6.45) is -0.708. The minimum Gasteiger partial charge on any atom is -0.394 e. The highest BCUT2D eigenvalue weighted by Gasteiger charge is 2.44. The molecule has 0 aliphatic carbocycles. The first kappa shape index (κ1) is 15.6. The van der Waals surface area contributed by atoms with E-state index in [1.807, 2.05) is 0 Å². The highest BCUT2D eigenvalue weighted by Crippen LogP contribution is 2.31. The number of hydrogen-bond acceptors (Lipinski definition) is 8. The number of nitrogens with zero attached hydrogens (tertiary/aromatic N) is 4. The van der Waals surface area contributed by atoms with Gasteiger partial charge in [-0.05, 0) is 0 Å². The van der Waals surface area contributed by atoms with Crippen LogP contribution >= 0.6 is 0 Å². The molecule has 0 amide bonds. The third kappa shape index (κ3) is 2.82. The van der Waals surface area contributed by atoms with Crippen LogP contribution in [0, 0.1) is 0 Å². The summed E-state index contributed by atoms with van der Waals surface area (Å²) in [5, 5.41) is 36.2. The summed E-state index contributed by atoms with van der Waals surface area (Å²) in [7, 11) is 0. The van der Waals surface area contributed by atoms with Gasteiger partial charge in [-0.15, -0.1) is 5.10 Å². The Morgan fingerprint density at radius 2 is 2.09 bits per heavy atom. The van der Waals surface area contributed by atoms with Crippen molar-refractivity contribution < 1.29 is 20.1 Å². The van der Waals surface area contributed by atoms with Crippen molar-refractivity contribution >= 4 is 0 Å². The fourth-order valence-electron chi connectivity index (χ4n) is 2.45. The van der Waals surface area contributed by atoms with Crippen LogP contribution in [0.3, 0.4) is 0 Å². The number of aromatic amines is 1. The van der Waals surface area contributed by atoms with E-state index >= 15 is 0 Å². The van der Waals surface area contributed by atoms with Gasteiger partial charge in [0.2, 0.25) is 0 Å². The van der Waals surface area contributed by atoms with Crippen LogP contribution in [0.25, 0.3) is 0 Å². The van der Waals surface area contributed by atoms with Gasteiger partial charge in [-0.1, -0.05) is 5.21 Å². The van der Waals surface area contributed by atoms with Crippen LogP contribution in [0.5, 0.6) is 0 Å². The first-order valence-corrected chi connectivity index (χ1v) is 6.81. The molecule has 2 aromatic rings. The summed E-state index contributed by atoms with van der Waals surface area (Å²) in [5.41, 5.74) is -1.44. The Balaban J connectivity index is 1.96. The lowest BCUT2D eigenvalue weighted by Crippen LogP contribution is -2.36. The van der Waals surface area contributed by atoms with E-state index in [2.05, 4.69) is 15.3 Å². The molecule has 0 radical (unpaired) electrons. The summed E-state index contributed by atoms with van der Waals surface area (Å²) in [6, 6.07) is 0. The Labute approximate surface area is 128 Å². The van der Waals surface area contributed by atoms with Crippen LogP contribution in [-0.2, 0) is 11.4 Å². The van der Waals surface area contributed by atoms with Crippen molar-refractivity contribution in [1.29, 1.82) is 0 Å². The molecule has 1 aliphatic heterocycles. The quantitative estimate of drug-likeness (QED) is 0.458. The molecule has 0 bridgehead atoms. The number of H-pyrrole nitrogens is 1. The maximum atomic E-state index is 12.0. The number of aliphatic hydroxyl groups excluding tert-OH is 3. The molecule has 0 saturated carbocycles. The lowest BCUT2D eigenvalue weighted by molar-refractivity contribution is -0.0233. The van der Waals surface area contributed by atoms with Crippen molar-refractivity contribution in [2.45, 2.75) is 31.1 Å². The van der Waals surface area contributed by atoms with Crippen molar-refractivity contribution in [3.05, 3.63) is 45.0 Å². The number of hydrogen-bond donors (Lipinski definition) is 4. The van der Waals surface area contributed by atoms with Crippen LogP contribution < -0.4 is 11.2 Å². The van der Waals surface area contributed by atoms with Gasteiger partial charge in [0.15, 0.2) is 0 Å². The molecule has 1 saturated heterocycles. The Bertz CT molecular complexity index is 784. The summed E-state index contributed by atoms with van der Waals surface area (Å²) in [4.78, 5) is 26.0. The van der Waals surface area contributed by atoms with Crippen molar-refractivity contribution in [3.8, 4) is 0 Å². The van der Waals surface area contributed by atoms with E-state index in [0.717, 1.165) is 4.57 Å². The molecule has 3 heterocycles. The minimum absolute atomic E-state index is 0.00257. The molecular formula is C12H15N5O6. The average Bonchev–Trinajstić information content (AvgIpc) is 3.12. The summed E-state index contributed by atoms with van der Waals surface area (Å²) >= 11 is 0. The van der Waals surface area contributed by atoms with E-state index in [4.69, 9.17) is 9.84 Å². The molecular weight excluding hydrogens is 310 g/mol. The molecule has 4 unspecified atom stereocenters. The van der Waals surface area contributed by atoms with Gasteiger partial charge in [-0.3, -0.25) is 14.3 Å². The van der Waals surface area contributed by atoms with E-state index in [9.17, 15) is 19.8 Å². The van der Waals surface area contributed by atoms with E-state index in [-0.39, 0.29) is 12.2 Å². The van der Waals surface area contributed by atoms with Crippen LogP contribution in [-0.4, -0.2) is 64.8 Å². The topological polar surface area (TPSA) is 155 Å². The fourth-order valence-corrected chi connectivity index (χ4v) is 2.45. The average molecular weight is 325 g/mol. The summed E-state index contributed by atoms with van der Waals surface area (Å²) in [6.45, 7) is -0.511. The van der Waals surface area contributed by atoms with E-state index in [1.54, 1.807) is 0 Å². The number of aromatic nitrogens is 5. The first-order valence-electron chi connectivity index (χ1n) is 6.81. The molecule has 0 aromatic carbocycles. The Morgan fingerprint density at radius 3 is 2.70 bits per heavy atom. The van der Waals surface area contributed by atoms with Gasteiger partial charge < -0.3 is 20.1 Å². The standard InChI is InChI=1S/C12H15N5O6/c18-4-7-8(19)9(20)10(23-7)6-3-16(12(22)14-11(6)21)5-17-2-1-13-15-17/h1-3,7-10,18-20H,4-5H2,(H,14,21,22). The molecule has 2 aromatic heterocycles. The molecule has 4 atom stereocenters. The van der Waals surface area contributed by atoms with Crippen LogP contribution in [0.1, 0.15) is 11.7 Å². The van der Waals surface area contributed by atoms with Crippen LogP contribution in [0.2, 0.25) is 0 Å². The molecule has 1 aliphatic rings. The monoisotopic (exact) mass is 325 g/mol. The van der Waals surface area contributed by atoms with Crippen molar-refractivity contribution in [2.75, 3.05) is 6.61 Å². The number of rotatable bonds is 4. The number of aliphatic hydroxyl groups is 3. The van der Waals surface area contributed by atoms with Gasteiger partial charge in [0.05, 0.1) is 18.4 Å². The molecule has 0 spiro atoms. The summed E-state index contributed by atoms with van der Waals surface area (Å²) < 4.78 is 7.83. The molecule has 1 fully saturated rings. The summed E-state index contributed by atoms with van der Waals surface area (Å²) in [5.74, 6) is 0. The van der Waals surface area contributed by atoms with Gasteiger partial charge in [0, 0.05) is 12.4 Å². The molecule has 3 rings (SSSR count). The number of ether oxygens (including phenoxy) is 1. The lowest BCUT2D eigenvalue weighted by atomic mass is 10.0. The second-order valence-corrected chi connectivity index (χ2v) is 5.16. The molecule has 11 nitrogen and oxygen atoms in total.